The molecule has 1 heterocycles. The Balaban J connectivity index is 2.62. The third-order valence-electron chi connectivity index (χ3n) is 1.65. The molecule has 76 valence electrons. The predicted octanol–water partition coefficient (Wildman–Crippen LogP) is 0.171. The molecule has 0 saturated heterocycles. The fraction of sp³-hybridized carbons (Fsp3) is 0.333. The molecule has 0 N–H and O–H groups in total. The fourth-order valence-electron chi connectivity index (χ4n) is 0.907. The summed E-state index contributed by atoms with van der Waals surface area (Å²) in [5.74, 6) is -1.02. The maximum absolute atomic E-state index is 11.0. The van der Waals surface area contributed by atoms with Crippen molar-refractivity contribution in [3.8, 4) is 0 Å². The van der Waals surface area contributed by atoms with E-state index >= 15 is 0 Å². The lowest BCUT2D eigenvalue weighted by Gasteiger charge is -2.14. The zero-order valence-electron chi connectivity index (χ0n) is 7.85. The summed E-state index contributed by atoms with van der Waals surface area (Å²) in [6.07, 6.45) is 3.27. The second-order valence-electron chi connectivity index (χ2n) is 2.50. The van der Waals surface area contributed by atoms with Crippen LogP contribution in [0.5, 0.6) is 0 Å². The van der Waals surface area contributed by atoms with Gasteiger partial charge in [0, 0.05) is 0 Å². The van der Waals surface area contributed by atoms with Crippen molar-refractivity contribution in [2.24, 2.45) is 0 Å². The molecule has 1 atom stereocenters. The normalized spacial score (nSPS) is 19.3. The van der Waals surface area contributed by atoms with Crippen LogP contribution in [0.15, 0.2) is 24.0 Å². The van der Waals surface area contributed by atoms with Crippen molar-refractivity contribution in [2.75, 3.05) is 14.2 Å². The molecule has 0 amide bonds. The van der Waals surface area contributed by atoms with Gasteiger partial charge in [-0.1, -0.05) is 0 Å². The van der Waals surface area contributed by atoms with Crippen LogP contribution >= 0.6 is 0 Å². The molecule has 0 aromatic rings. The van der Waals surface area contributed by atoms with E-state index in [0.717, 1.165) is 0 Å². The maximum atomic E-state index is 11.0. The van der Waals surface area contributed by atoms with Gasteiger partial charge in [0.05, 0.1) is 26.1 Å². The standard InChI is InChI=1S/C9H10O5/c1-12-8(10)6-3-4-7(14-5-6)9(11)13-2/h3-5,7H,1-2H3. The smallest absolute Gasteiger partial charge is 0.351 e. The van der Waals surface area contributed by atoms with Gasteiger partial charge in [-0.25, -0.2) is 9.59 Å². The lowest BCUT2D eigenvalue weighted by Crippen LogP contribution is -2.24. The molecule has 0 aromatic heterocycles. The summed E-state index contributed by atoms with van der Waals surface area (Å²) in [4.78, 5) is 21.9. The first-order valence-corrected chi connectivity index (χ1v) is 3.89. The number of ether oxygens (including phenoxy) is 3. The summed E-state index contributed by atoms with van der Waals surface area (Å²) in [5, 5.41) is 0. The number of hydrogen-bond donors (Lipinski definition) is 0. The highest BCUT2D eigenvalue weighted by Crippen LogP contribution is 2.11. The maximum Gasteiger partial charge on any atom is 0.351 e. The van der Waals surface area contributed by atoms with Gasteiger partial charge in [0.15, 0.2) is 0 Å². The molecular weight excluding hydrogens is 188 g/mol. The Bertz CT molecular complexity index is 302. The zero-order chi connectivity index (χ0) is 10.6. The predicted molar refractivity (Wildman–Crippen MR) is 46.1 cm³/mol. The lowest BCUT2D eigenvalue weighted by molar-refractivity contribution is -0.148. The molecule has 14 heavy (non-hydrogen) atoms. The first-order chi connectivity index (χ1) is 6.69. The molecule has 5 nitrogen and oxygen atoms in total. The van der Waals surface area contributed by atoms with Crippen molar-refractivity contribution in [3.05, 3.63) is 24.0 Å². The summed E-state index contributed by atoms with van der Waals surface area (Å²) in [5.41, 5.74) is 0.257. The van der Waals surface area contributed by atoms with E-state index in [2.05, 4.69) is 9.47 Å². The minimum Gasteiger partial charge on any atom is -0.481 e. The topological polar surface area (TPSA) is 61.8 Å². The minimum atomic E-state index is -0.784. The molecule has 1 unspecified atom stereocenters. The summed E-state index contributed by atoms with van der Waals surface area (Å²) in [6, 6.07) is 0. The largest absolute Gasteiger partial charge is 0.481 e. The van der Waals surface area contributed by atoms with E-state index in [9.17, 15) is 9.59 Å². The zero-order valence-corrected chi connectivity index (χ0v) is 7.85. The highest BCUT2D eigenvalue weighted by molar-refractivity contribution is 5.92. The highest BCUT2D eigenvalue weighted by Gasteiger charge is 2.21. The quantitative estimate of drug-likeness (QED) is 0.592. The molecule has 0 aromatic carbocycles. The molecule has 0 aliphatic carbocycles. The third-order valence-corrected chi connectivity index (χ3v) is 1.65. The van der Waals surface area contributed by atoms with Crippen LogP contribution < -0.4 is 0 Å². The Morgan fingerprint density at radius 3 is 2.50 bits per heavy atom. The van der Waals surface area contributed by atoms with Crippen LogP contribution in [0.4, 0.5) is 0 Å². The van der Waals surface area contributed by atoms with Gasteiger partial charge >= 0.3 is 11.9 Å². The molecular formula is C9H10O5. The van der Waals surface area contributed by atoms with E-state index < -0.39 is 18.0 Å². The molecule has 0 spiro atoms. The van der Waals surface area contributed by atoms with Gasteiger partial charge in [-0.05, 0) is 12.2 Å². The van der Waals surface area contributed by atoms with Gasteiger partial charge in [-0.2, -0.15) is 0 Å². The van der Waals surface area contributed by atoms with E-state index in [1.165, 1.54) is 32.6 Å². The third kappa shape index (κ3) is 2.12. The SMILES string of the molecule is COC(=O)C1=COC(C(=O)OC)C=C1. The number of esters is 2. The summed E-state index contributed by atoms with van der Waals surface area (Å²) in [7, 11) is 2.53. The van der Waals surface area contributed by atoms with E-state index in [1.807, 2.05) is 0 Å². The van der Waals surface area contributed by atoms with Crippen LogP contribution in [0.25, 0.3) is 0 Å². The van der Waals surface area contributed by atoms with Crippen LogP contribution in [-0.4, -0.2) is 32.3 Å². The number of rotatable bonds is 2. The van der Waals surface area contributed by atoms with Crippen LogP contribution in [-0.2, 0) is 23.8 Å². The van der Waals surface area contributed by atoms with Gasteiger partial charge < -0.3 is 14.2 Å². The van der Waals surface area contributed by atoms with Gasteiger partial charge in [0.2, 0.25) is 6.10 Å². The first kappa shape index (κ1) is 10.3. The molecule has 1 rings (SSSR count). The summed E-state index contributed by atoms with van der Waals surface area (Å²) < 4.78 is 13.9. The molecule has 1 aliphatic heterocycles. The Kier molecular flexibility index (Phi) is 3.28. The Morgan fingerprint density at radius 2 is 2.07 bits per heavy atom. The molecule has 0 bridgehead atoms. The van der Waals surface area contributed by atoms with E-state index in [1.54, 1.807) is 0 Å². The van der Waals surface area contributed by atoms with Crippen molar-refractivity contribution < 1.29 is 23.8 Å². The van der Waals surface area contributed by atoms with Crippen molar-refractivity contribution in [3.63, 3.8) is 0 Å². The summed E-state index contributed by atoms with van der Waals surface area (Å²) in [6.45, 7) is 0. The lowest BCUT2D eigenvalue weighted by atomic mass is 10.2. The Morgan fingerprint density at radius 1 is 1.36 bits per heavy atom. The van der Waals surface area contributed by atoms with Crippen molar-refractivity contribution >= 4 is 11.9 Å². The fourth-order valence-corrected chi connectivity index (χ4v) is 0.907. The van der Waals surface area contributed by atoms with Crippen molar-refractivity contribution in [1.82, 2.24) is 0 Å². The van der Waals surface area contributed by atoms with Crippen LogP contribution in [0, 0.1) is 0 Å². The number of carbonyl (C=O) groups excluding carboxylic acids is 2. The Hall–Kier alpha value is -1.78. The summed E-state index contributed by atoms with van der Waals surface area (Å²) >= 11 is 0. The molecule has 0 radical (unpaired) electrons. The minimum absolute atomic E-state index is 0.257. The van der Waals surface area contributed by atoms with Gasteiger partial charge in [-0.15, -0.1) is 0 Å². The van der Waals surface area contributed by atoms with E-state index in [0.29, 0.717) is 0 Å². The van der Waals surface area contributed by atoms with Crippen LogP contribution in [0.1, 0.15) is 0 Å². The van der Waals surface area contributed by atoms with E-state index in [4.69, 9.17) is 4.74 Å². The van der Waals surface area contributed by atoms with Crippen LogP contribution in [0.2, 0.25) is 0 Å². The molecule has 0 fully saturated rings. The van der Waals surface area contributed by atoms with Gasteiger partial charge in [0.25, 0.3) is 0 Å². The van der Waals surface area contributed by atoms with E-state index in [-0.39, 0.29) is 5.57 Å². The van der Waals surface area contributed by atoms with Crippen molar-refractivity contribution in [1.29, 1.82) is 0 Å². The van der Waals surface area contributed by atoms with Gasteiger partial charge in [-0.3, -0.25) is 0 Å². The average molecular weight is 198 g/mol. The number of hydrogen-bond acceptors (Lipinski definition) is 5. The number of carbonyl (C=O) groups is 2. The molecule has 1 aliphatic rings. The average Bonchev–Trinajstić information content (AvgIpc) is 2.27. The monoisotopic (exact) mass is 198 g/mol. The Labute approximate surface area is 80.9 Å². The number of methoxy groups -OCH3 is 2. The van der Waals surface area contributed by atoms with Crippen molar-refractivity contribution in [2.45, 2.75) is 6.10 Å². The second-order valence-corrected chi connectivity index (χ2v) is 2.50. The highest BCUT2D eigenvalue weighted by atomic mass is 16.6. The second kappa shape index (κ2) is 4.45. The van der Waals surface area contributed by atoms with Crippen LogP contribution in [0.3, 0.4) is 0 Å². The molecule has 0 saturated carbocycles. The molecule has 5 heteroatoms. The van der Waals surface area contributed by atoms with Gasteiger partial charge in [0.1, 0.15) is 0 Å². The first-order valence-electron chi connectivity index (χ1n) is 3.89.